The van der Waals surface area contributed by atoms with E-state index in [0.717, 1.165) is 25.5 Å². The van der Waals surface area contributed by atoms with Gasteiger partial charge >= 0.3 is 0 Å². The topological polar surface area (TPSA) is 47.0 Å². The molecule has 14 heavy (non-hydrogen) atoms. The highest BCUT2D eigenvalue weighted by molar-refractivity contribution is 7.07. The molecule has 1 aromatic rings. The first-order valence-corrected chi connectivity index (χ1v) is 5.59. The van der Waals surface area contributed by atoms with Crippen molar-refractivity contribution in [3.8, 4) is 5.19 Å². The summed E-state index contributed by atoms with van der Waals surface area (Å²) in [4.78, 5) is 4.17. The van der Waals surface area contributed by atoms with Gasteiger partial charge in [-0.2, -0.15) is 9.36 Å². The molecule has 0 aliphatic carbocycles. The largest absolute Gasteiger partial charge is 0.468 e. The van der Waals surface area contributed by atoms with Crippen LogP contribution in [0.25, 0.3) is 0 Å². The summed E-state index contributed by atoms with van der Waals surface area (Å²) in [7, 11) is 0. The maximum atomic E-state index is 5.62. The number of aromatic nitrogens is 2. The second-order valence-corrected chi connectivity index (χ2v) is 4.85. The Bertz CT molecular complexity index is 307. The maximum Gasteiger partial charge on any atom is 0.293 e. The Morgan fingerprint density at radius 1 is 1.64 bits per heavy atom. The Balaban J connectivity index is 1.87. The van der Waals surface area contributed by atoms with Crippen molar-refractivity contribution in [3.63, 3.8) is 0 Å². The molecule has 78 valence electrons. The van der Waals surface area contributed by atoms with E-state index in [2.05, 4.69) is 21.6 Å². The molecule has 1 unspecified atom stereocenters. The summed E-state index contributed by atoms with van der Waals surface area (Å²) in [5, 5.41) is 4.03. The van der Waals surface area contributed by atoms with Gasteiger partial charge in [-0.25, -0.2) is 0 Å². The van der Waals surface area contributed by atoms with Gasteiger partial charge in [0.15, 0.2) is 0 Å². The molecular formula is C9H15N3OS. The molecule has 1 atom stereocenters. The fourth-order valence-electron chi connectivity index (χ4n) is 1.56. The highest BCUT2D eigenvalue weighted by Gasteiger charge is 2.29. The second-order valence-electron chi connectivity index (χ2n) is 4.13. The van der Waals surface area contributed by atoms with Crippen molar-refractivity contribution in [1.29, 1.82) is 0 Å². The number of rotatable bonds is 3. The number of nitrogens with zero attached hydrogens (tertiary/aromatic N) is 2. The quantitative estimate of drug-likeness (QED) is 0.820. The van der Waals surface area contributed by atoms with Gasteiger partial charge in [-0.05, 0) is 19.9 Å². The lowest BCUT2D eigenvalue weighted by molar-refractivity contribution is 0.180. The Kier molecular flexibility index (Phi) is 2.69. The third kappa shape index (κ3) is 2.22. The Morgan fingerprint density at radius 3 is 3.07 bits per heavy atom. The molecule has 1 aliphatic rings. The predicted molar refractivity (Wildman–Crippen MR) is 55.7 cm³/mol. The van der Waals surface area contributed by atoms with Crippen LogP contribution in [-0.2, 0) is 0 Å². The first kappa shape index (κ1) is 9.86. The van der Waals surface area contributed by atoms with E-state index in [1.165, 1.54) is 18.0 Å². The van der Waals surface area contributed by atoms with E-state index in [4.69, 9.17) is 4.74 Å². The van der Waals surface area contributed by atoms with E-state index in [9.17, 15) is 0 Å². The van der Waals surface area contributed by atoms with Crippen LogP contribution in [0.2, 0.25) is 0 Å². The van der Waals surface area contributed by atoms with Gasteiger partial charge in [0.1, 0.15) is 5.82 Å². The summed E-state index contributed by atoms with van der Waals surface area (Å²) in [5.41, 5.74) is 0.263. The highest BCUT2D eigenvalue weighted by Crippen LogP contribution is 2.26. The smallest absolute Gasteiger partial charge is 0.293 e. The van der Waals surface area contributed by atoms with Gasteiger partial charge in [-0.15, -0.1) is 0 Å². The molecule has 2 heterocycles. The van der Waals surface area contributed by atoms with E-state index in [-0.39, 0.29) is 5.41 Å². The van der Waals surface area contributed by atoms with Gasteiger partial charge in [0.2, 0.25) is 0 Å². The molecule has 0 bridgehead atoms. The first-order valence-electron chi connectivity index (χ1n) is 4.82. The van der Waals surface area contributed by atoms with Crippen molar-refractivity contribution in [3.05, 3.63) is 5.82 Å². The maximum absolute atomic E-state index is 5.62. The van der Waals surface area contributed by atoms with Crippen molar-refractivity contribution in [2.24, 2.45) is 5.41 Å². The Morgan fingerprint density at radius 2 is 2.50 bits per heavy atom. The van der Waals surface area contributed by atoms with Crippen molar-refractivity contribution in [2.45, 2.75) is 20.3 Å². The van der Waals surface area contributed by atoms with Crippen LogP contribution in [0.4, 0.5) is 0 Å². The molecule has 5 heteroatoms. The third-order valence-electron chi connectivity index (χ3n) is 2.51. The van der Waals surface area contributed by atoms with E-state index >= 15 is 0 Å². The van der Waals surface area contributed by atoms with Gasteiger partial charge in [0, 0.05) is 23.5 Å². The van der Waals surface area contributed by atoms with Gasteiger partial charge < -0.3 is 10.1 Å². The summed E-state index contributed by atoms with van der Waals surface area (Å²) in [6, 6.07) is 0. The van der Waals surface area contributed by atoms with Crippen molar-refractivity contribution < 1.29 is 4.74 Å². The molecule has 0 spiro atoms. The van der Waals surface area contributed by atoms with Crippen LogP contribution in [0.15, 0.2) is 0 Å². The minimum atomic E-state index is 0.263. The molecule has 1 fully saturated rings. The molecule has 0 aromatic carbocycles. The summed E-state index contributed by atoms with van der Waals surface area (Å²) in [5.74, 6) is 0.791. The van der Waals surface area contributed by atoms with Crippen LogP contribution in [0.1, 0.15) is 19.2 Å². The second kappa shape index (κ2) is 3.82. The average Bonchev–Trinajstić information content (AvgIpc) is 2.73. The number of hydrogen-bond acceptors (Lipinski definition) is 5. The van der Waals surface area contributed by atoms with Crippen LogP contribution in [0.5, 0.6) is 5.19 Å². The summed E-state index contributed by atoms with van der Waals surface area (Å²) in [6.07, 6.45) is 1.17. The number of nitrogens with one attached hydrogen (secondary N) is 1. The molecule has 1 aromatic heterocycles. The van der Waals surface area contributed by atoms with Crippen molar-refractivity contribution in [1.82, 2.24) is 14.7 Å². The number of ether oxygens (including phenoxy) is 1. The summed E-state index contributed by atoms with van der Waals surface area (Å²) < 4.78 is 9.69. The zero-order chi connectivity index (χ0) is 10.0. The monoisotopic (exact) mass is 213 g/mol. The zero-order valence-electron chi connectivity index (χ0n) is 8.54. The lowest BCUT2D eigenvalue weighted by atomic mass is 9.91. The fraction of sp³-hybridized carbons (Fsp3) is 0.778. The van der Waals surface area contributed by atoms with E-state index in [1.807, 2.05) is 6.92 Å². The van der Waals surface area contributed by atoms with Crippen LogP contribution >= 0.6 is 11.5 Å². The zero-order valence-corrected chi connectivity index (χ0v) is 9.36. The molecule has 0 amide bonds. The normalized spacial score (nSPS) is 26.7. The van der Waals surface area contributed by atoms with Crippen LogP contribution in [-0.4, -0.2) is 29.1 Å². The third-order valence-corrected chi connectivity index (χ3v) is 3.23. The van der Waals surface area contributed by atoms with Crippen LogP contribution in [0, 0.1) is 12.3 Å². The minimum Gasteiger partial charge on any atom is -0.468 e. The van der Waals surface area contributed by atoms with Gasteiger partial charge in [-0.1, -0.05) is 6.92 Å². The molecule has 1 aliphatic heterocycles. The Labute approximate surface area is 87.9 Å². The van der Waals surface area contributed by atoms with E-state index in [0.29, 0.717) is 5.19 Å². The SMILES string of the molecule is Cc1nsc(OCC2(C)CCNC2)n1. The molecule has 0 saturated carbocycles. The molecule has 1 saturated heterocycles. The van der Waals surface area contributed by atoms with E-state index in [1.54, 1.807) is 0 Å². The van der Waals surface area contributed by atoms with Gasteiger partial charge in [-0.3, -0.25) is 0 Å². The molecular weight excluding hydrogens is 198 g/mol. The van der Waals surface area contributed by atoms with E-state index < -0.39 is 0 Å². The minimum absolute atomic E-state index is 0.263. The standard InChI is InChI=1S/C9H15N3OS/c1-7-11-8(14-12-7)13-6-9(2)3-4-10-5-9/h10H,3-6H2,1-2H3. The predicted octanol–water partition coefficient (Wildman–Crippen LogP) is 1.22. The van der Waals surface area contributed by atoms with Crippen molar-refractivity contribution >= 4 is 11.5 Å². The van der Waals surface area contributed by atoms with Crippen LogP contribution in [0.3, 0.4) is 0 Å². The van der Waals surface area contributed by atoms with Crippen molar-refractivity contribution in [2.75, 3.05) is 19.7 Å². The summed E-state index contributed by atoms with van der Waals surface area (Å²) >= 11 is 1.33. The lowest BCUT2D eigenvalue weighted by Crippen LogP contribution is -2.27. The number of aryl methyl sites for hydroxylation is 1. The first-order chi connectivity index (χ1) is 6.68. The molecule has 1 N–H and O–H groups in total. The number of hydrogen-bond donors (Lipinski definition) is 1. The molecule has 2 rings (SSSR count). The fourth-order valence-corrected chi connectivity index (χ4v) is 2.10. The van der Waals surface area contributed by atoms with Gasteiger partial charge in [0.05, 0.1) is 6.61 Å². The average molecular weight is 213 g/mol. The molecule has 4 nitrogen and oxygen atoms in total. The summed E-state index contributed by atoms with van der Waals surface area (Å²) in [6.45, 7) is 6.97. The molecule has 0 radical (unpaired) electrons. The Hall–Kier alpha value is -0.680. The van der Waals surface area contributed by atoms with Crippen LogP contribution < -0.4 is 10.1 Å². The lowest BCUT2D eigenvalue weighted by Gasteiger charge is -2.21. The highest BCUT2D eigenvalue weighted by atomic mass is 32.1. The van der Waals surface area contributed by atoms with Gasteiger partial charge in [0.25, 0.3) is 5.19 Å².